The molecular weight excluding hydrogens is 387 g/mol. The molecule has 0 atom stereocenters. The number of halogens is 3. The molecule has 1 amide bonds. The van der Waals surface area contributed by atoms with Gasteiger partial charge in [0.1, 0.15) is 11.4 Å². The molecule has 0 aliphatic heterocycles. The summed E-state index contributed by atoms with van der Waals surface area (Å²) >= 11 is 18.2. The lowest BCUT2D eigenvalue weighted by Gasteiger charge is -2.10. The topological polar surface area (TPSA) is 98.7 Å². The van der Waals surface area contributed by atoms with Crippen LogP contribution in [0.5, 0.6) is 0 Å². The molecule has 3 rings (SSSR count). The molecule has 1 aromatic carbocycles. The number of aromatic nitrogens is 4. The van der Waals surface area contributed by atoms with Gasteiger partial charge < -0.3 is 11.1 Å². The molecule has 10 heteroatoms. The number of aryl methyl sites for hydroxylation is 1. The first kappa shape index (κ1) is 17.5. The Labute approximate surface area is 157 Å². The summed E-state index contributed by atoms with van der Waals surface area (Å²) in [5.41, 5.74) is 7.09. The van der Waals surface area contributed by atoms with Crippen molar-refractivity contribution >= 4 is 52.3 Å². The van der Waals surface area contributed by atoms with Crippen LogP contribution in [0.4, 0.5) is 11.6 Å². The first-order chi connectivity index (χ1) is 11.9. The number of rotatable bonds is 3. The second-order valence-corrected chi connectivity index (χ2v) is 6.25. The van der Waals surface area contributed by atoms with E-state index in [-0.39, 0.29) is 27.6 Å². The molecule has 0 spiro atoms. The predicted octanol–water partition coefficient (Wildman–Crippen LogP) is 3.67. The lowest BCUT2D eigenvalue weighted by Crippen LogP contribution is -2.17. The van der Waals surface area contributed by atoms with Crippen molar-refractivity contribution in [3.05, 3.63) is 51.4 Å². The fraction of sp³-hybridized carbons (Fsp3) is 0.0667. The quantitative estimate of drug-likeness (QED) is 0.657. The fourth-order valence-corrected chi connectivity index (χ4v) is 2.87. The van der Waals surface area contributed by atoms with E-state index in [4.69, 9.17) is 40.5 Å². The van der Waals surface area contributed by atoms with Crippen LogP contribution in [0.2, 0.25) is 15.1 Å². The van der Waals surface area contributed by atoms with E-state index in [0.717, 1.165) is 0 Å². The van der Waals surface area contributed by atoms with E-state index in [2.05, 4.69) is 20.4 Å². The minimum atomic E-state index is -0.384. The molecule has 0 radical (unpaired) electrons. The Morgan fingerprint density at radius 3 is 2.68 bits per heavy atom. The van der Waals surface area contributed by atoms with Gasteiger partial charge in [-0.05, 0) is 18.2 Å². The molecule has 0 fully saturated rings. The first-order valence-electron chi connectivity index (χ1n) is 6.93. The number of hydrogen-bond donors (Lipinski definition) is 2. The number of anilines is 2. The summed E-state index contributed by atoms with van der Waals surface area (Å²) < 4.78 is 1.44. The number of nitrogens with two attached hydrogens (primary N) is 1. The summed E-state index contributed by atoms with van der Waals surface area (Å²) in [5.74, 6) is -0.120. The smallest absolute Gasteiger partial charge is 0.275 e. The number of amides is 1. The zero-order valence-electron chi connectivity index (χ0n) is 12.8. The van der Waals surface area contributed by atoms with Gasteiger partial charge in [0, 0.05) is 23.8 Å². The molecule has 0 aliphatic rings. The maximum atomic E-state index is 12.2. The normalized spacial score (nSPS) is 10.7. The van der Waals surface area contributed by atoms with Crippen molar-refractivity contribution in [3.8, 4) is 11.3 Å². The summed E-state index contributed by atoms with van der Waals surface area (Å²) in [7, 11) is 1.66. The number of nitrogens with one attached hydrogen (secondary N) is 1. The highest BCUT2D eigenvalue weighted by atomic mass is 35.5. The Morgan fingerprint density at radius 2 is 2.04 bits per heavy atom. The van der Waals surface area contributed by atoms with Crippen LogP contribution in [-0.2, 0) is 7.05 Å². The number of carbonyl (C=O) groups excluding carboxylic acids is 1. The SMILES string of the molecule is Cn1nccc1C(=O)Nc1cnc(-c2cc(Cl)cc(Cl)c2Cl)c(N)n1. The van der Waals surface area contributed by atoms with E-state index >= 15 is 0 Å². The Hall–Kier alpha value is -2.35. The average Bonchev–Trinajstić information content (AvgIpc) is 2.97. The number of nitrogens with zero attached hydrogens (tertiary/aromatic N) is 4. The van der Waals surface area contributed by atoms with Crippen LogP contribution in [0.1, 0.15) is 10.5 Å². The Kier molecular flexibility index (Phi) is 4.80. The molecule has 128 valence electrons. The second-order valence-electron chi connectivity index (χ2n) is 5.03. The van der Waals surface area contributed by atoms with Gasteiger partial charge in [-0.1, -0.05) is 34.8 Å². The maximum Gasteiger partial charge on any atom is 0.275 e. The monoisotopic (exact) mass is 396 g/mol. The molecule has 25 heavy (non-hydrogen) atoms. The number of carbonyl (C=O) groups is 1. The Bertz CT molecular complexity index is 972. The molecular formula is C15H11Cl3N6O. The average molecular weight is 398 g/mol. The van der Waals surface area contributed by atoms with Crippen molar-refractivity contribution in [1.29, 1.82) is 0 Å². The predicted molar refractivity (Wildman–Crippen MR) is 98.1 cm³/mol. The highest BCUT2D eigenvalue weighted by Crippen LogP contribution is 2.37. The Balaban J connectivity index is 1.92. The third kappa shape index (κ3) is 3.53. The third-order valence-corrected chi connectivity index (χ3v) is 4.36. The number of benzene rings is 1. The first-order valence-corrected chi connectivity index (χ1v) is 8.07. The van der Waals surface area contributed by atoms with Crippen molar-refractivity contribution < 1.29 is 4.79 Å². The van der Waals surface area contributed by atoms with Crippen LogP contribution in [0, 0.1) is 0 Å². The van der Waals surface area contributed by atoms with E-state index in [9.17, 15) is 4.79 Å². The molecule has 2 heterocycles. The van der Waals surface area contributed by atoms with E-state index < -0.39 is 0 Å². The minimum absolute atomic E-state index is 0.0723. The van der Waals surface area contributed by atoms with Gasteiger partial charge in [-0.2, -0.15) is 5.10 Å². The molecule has 0 aliphatic carbocycles. The van der Waals surface area contributed by atoms with Gasteiger partial charge in [-0.25, -0.2) is 9.97 Å². The molecule has 7 nitrogen and oxygen atoms in total. The van der Waals surface area contributed by atoms with Crippen molar-refractivity contribution in [2.75, 3.05) is 11.1 Å². The van der Waals surface area contributed by atoms with Gasteiger partial charge in [-0.15, -0.1) is 0 Å². The van der Waals surface area contributed by atoms with Gasteiger partial charge in [0.25, 0.3) is 5.91 Å². The van der Waals surface area contributed by atoms with Crippen LogP contribution in [-0.4, -0.2) is 25.7 Å². The second kappa shape index (κ2) is 6.87. The molecule has 0 unspecified atom stereocenters. The van der Waals surface area contributed by atoms with Crippen LogP contribution in [0.25, 0.3) is 11.3 Å². The minimum Gasteiger partial charge on any atom is -0.382 e. The largest absolute Gasteiger partial charge is 0.382 e. The van der Waals surface area contributed by atoms with E-state index in [1.54, 1.807) is 19.2 Å². The fourth-order valence-electron chi connectivity index (χ4n) is 2.18. The summed E-state index contributed by atoms with van der Waals surface area (Å²) in [6.07, 6.45) is 2.88. The van der Waals surface area contributed by atoms with Crippen LogP contribution < -0.4 is 11.1 Å². The van der Waals surface area contributed by atoms with E-state index in [1.807, 2.05) is 0 Å². The van der Waals surface area contributed by atoms with Crippen molar-refractivity contribution in [3.63, 3.8) is 0 Å². The van der Waals surface area contributed by atoms with Gasteiger partial charge in [0.2, 0.25) is 0 Å². The van der Waals surface area contributed by atoms with Crippen molar-refractivity contribution in [2.45, 2.75) is 0 Å². The van der Waals surface area contributed by atoms with Crippen molar-refractivity contribution in [2.24, 2.45) is 7.05 Å². The van der Waals surface area contributed by atoms with Gasteiger partial charge >= 0.3 is 0 Å². The van der Waals surface area contributed by atoms with Crippen molar-refractivity contribution in [1.82, 2.24) is 19.7 Å². The molecule has 3 aromatic rings. The zero-order chi connectivity index (χ0) is 18.1. The third-order valence-electron chi connectivity index (χ3n) is 3.34. The van der Waals surface area contributed by atoms with Gasteiger partial charge in [-0.3, -0.25) is 9.48 Å². The standard InChI is InChI=1S/C15H11Cl3N6O/c1-24-10(2-3-21-24)15(25)23-11-6-20-13(14(19)22-11)8-4-7(16)5-9(17)12(8)18/h2-6H,1H3,(H3,19,22,23,25). The molecule has 3 N–H and O–H groups in total. The van der Waals surface area contributed by atoms with Crippen LogP contribution >= 0.6 is 34.8 Å². The highest BCUT2D eigenvalue weighted by Gasteiger charge is 2.16. The molecule has 0 saturated carbocycles. The summed E-state index contributed by atoms with van der Waals surface area (Å²) in [6, 6.07) is 4.68. The lowest BCUT2D eigenvalue weighted by molar-refractivity contribution is 0.101. The molecule has 0 bridgehead atoms. The summed E-state index contributed by atoms with van der Waals surface area (Å²) in [5, 5.41) is 7.46. The molecule has 0 saturated heterocycles. The summed E-state index contributed by atoms with van der Waals surface area (Å²) in [6.45, 7) is 0. The van der Waals surface area contributed by atoms with Crippen LogP contribution in [0.15, 0.2) is 30.6 Å². The van der Waals surface area contributed by atoms with Gasteiger partial charge in [0.15, 0.2) is 11.6 Å². The van der Waals surface area contributed by atoms with E-state index in [0.29, 0.717) is 22.0 Å². The maximum absolute atomic E-state index is 12.2. The van der Waals surface area contributed by atoms with Crippen LogP contribution in [0.3, 0.4) is 0 Å². The number of hydrogen-bond acceptors (Lipinski definition) is 5. The molecule has 2 aromatic heterocycles. The Morgan fingerprint density at radius 1 is 1.28 bits per heavy atom. The lowest BCUT2D eigenvalue weighted by atomic mass is 10.1. The van der Waals surface area contributed by atoms with E-state index in [1.165, 1.54) is 23.1 Å². The number of nitrogen functional groups attached to an aromatic ring is 1. The highest BCUT2D eigenvalue weighted by molar-refractivity contribution is 6.45. The van der Waals surface area contributed by atoms with Gasteiger partial charge in [0.05, 0.1) is 16.2 Å². The summed E-state index contributed by atoms with van der Waals surface area (Å²) in [4.78, 5) is 20.5. The zero-order valence-corrected chi connectivity index (χ0v) is 15.1.